The maximum atomic E-state index is 6.28. The minimum absolute atomic E-state index is 0.192. The minimum Gasteiger partial charge on any atom is -0.384 e. The third-order valence-electron chi connectivity index (χ3n) is 4.12. The average Bonchev–Trinajstić information content (AvgIpc) is 2.52. The highest BCUT2D eigenvalue weighted by Gasteiger charge is 2.05. The maximum absolute atomic E-state index is 6.28. The summed E-state index contributed by atoms with van der Waals surface area (Å²) < 4.78 is 5.10. The van der Waals surface area contributed by atoms with Gasteiger partial charge in [0.15, 0.2) is 0 Å². The number of ether oxygens (including phenoxy) is 1. The van der Waals surface area contributed by atoms with E-state index in [2.05, 4.69) is 31.2 Å². The second-order valence-corrected chi connectivity index (χ2v) is 6.00. The highest BCUT2D eigenvalue weighted by molar-refractivity contribution is 5.24. The standard InChI is InChI=1S/C19H33NO/c1-3-4-5-6-7-8-9-10-19(20)18-13-11-17(12-14-18)15-16-21-2/h11-14,19H,3-10,15-16,20H2,1-2H3. The molecule has 1 unspecified atom stereocenters. The molecule has 0 radical (unpaired) electrons. The fraction of sp³-hybridized carbons (Fsp3) is 0.684. The third kappa shape index (κ3) is 8.23. The Morgan fingerprint density at radius 2 is 1.57 bits per heavy atom. The number of methoxy groups -OCH3 is 1. The van der Waals surface area contributed by atoms with E-state index in [4.69, 9.17) is 10.5 Å². The van der Waals surface area contributed by atoms with E-state index in [9.17, 15) is 0 Å². The van der Waals surface area contributed by atoms with Crippen LogP contribution in [0.15, 0.2) is 24.3 Å². The van der Waals surface area contributed by atoms with Crippen LogP contribution in [-0.2, 0) is 11.2 Å². The van der Waals surface area contributed by atoms with E-state index in [0.29, 0.717) is 0 Å². The molecule has 0 aliphatic rings. The summed E-state index contributed by atoms with van der Waals surface area (Å²) in [6, 6.07) is 8.91. The van der Waals surface area contributed by atoms with Crippen LogP contribution in [0.2, 0.25) is 0 Å². The molecule has 120 valence electrons. The number of benzene rings is 1. The first-order valence-corrected chi connectivity index (χ1v) is 8.61. The third-order valence-corrected chi connectivity index (χ3v) is 4.12. The van der Waals surface area contributed by atoms with Crippen molar-refractivity contribution in [2.24, 2.45) is 5.73 Å². The Morgan fingerprint density at radius 3 is 2.19 bits per heavy atom. The van der Waals surface area contributed by atoms with Crippen molar-refractivity contribution in [1.29, 1.82) is 0 Å². The molecule has 0 spiro atoms. The zero-order valence-corrected chi connectivity index (χ0v) is 13.9. The first-order chi connectivity index (χ1) is 10.3. The van der Waals surface area contributed by atoms with E-state index in [1.165, 1.54) is 56.1 Å². The molecular formula is C19H33NO. The molecule has 0 bridgehead atoms. The molecule has 0 aliphatic heterocycles. The number of nitrogens with two attached hydrogens (primary N) is 1. The second-order valence-electron chi connectivity index (χ2n) is 6.00. The maximum Gasteiger partial charge on any atom is 0.0502 e. The molecule has 0 aromatic heterocycles. The van der Waals surface area contributed by atoms with Gasteiger partial charge in [-0.3, -0.25) is 0 Å². The van der Waals surface area contributed by atoms with Gasteiger partial charge in [-0.1, -0.05) is 76.1 Å². The van der Waals surface area contributed by atoms with Crippen LogP contribution in [-0.4, -0.2) is 13.7 Å². The summed E-state index contributed by atoms with van der Waals surface area (Å²) in [7, 11) is 1.74. The Labute approximate surface area is 131 Å². The van der Waals surface area contributed by atoms with Crippen molar-refractivity contribution < 1.29 is 4.74 Å². The molecule has 0 aliphatic carbocycles. The van der Waals surface area contributed by atoms with Gasteiger partial charge in [0.05, 0.1) is 6.61 Å². The summed E-state index contributed by atoms with van der Waals surface area (Å²) in [6.07, 6.45) is 11.5. The number of hydrogen-bond acceptors (Lipinski definition) is 2. The van der Waals surface area contributed by atoms with Gasteiger partial charge in [-0.25, -0.2) is 0 Å². The van der Waals surface area contributed by atoms with Gasteiger partial charge in [0.25, 0.3) is 0 Å². The first kappa shape index (κ1) is 18.2. The van der Waals surface area contributed by atoms with Gasteiger partial charge >= 0.3 is 0 Å². The number of unbranched alkanes of at least 4 members (excludes halogenated alkanes) is 6. The van der Waals surface area contributed by atoms with Crippen molar-refractivity contribution in [2.45, 2.75) is 70.8 Å². The van der Waals surface area contributed by atoms with Gasteiger partial charge in [-0.05, 0) is 24.0 Å². The Bertz CT molecular complexity index is 347. The fourth-order valence-corrected chi connectivity index (χ4v) is 2.64. The van der Waals surface area contributed by atoms with E-state index < -0.39 is 0 Å². The highest BCUT2D eigenvalue weighted by atomic mass is 16.5. The Balaban J connectivity index is 2.17. The molecule has 1 rings (SSSR count). The van der Waals surface area contributed by atoms with E-state index in [0.717, 1.165) is 19.4 Å². The summed E-state index contributed by atoms with van der Waals surface area (Å²) in [6.45, 7) is 3.04. The van der Waals surface area contributed by atoms with Crippen molar-refractivity contribution in [3.05, 3.63) is 35.4 Å². The van der Waals surface area contributed by atoms with E-state index in [1.54, 1.807) is 7.11 Å². The van der Waals surface area contributed by atoms with Crippen LogP contribution in [0.3, 0.4) is 0 Å². The van der Waals surface area contributed by atoms with Crippen LogP contribution < -0.4 is 5.73 Å². The molecule has 0 fully saturated rings. The van der Waals surface area contributed by atoms with E-state index >= 15 is 0 Å². The summed E-state index contributed by atoms with van der Waals surface area (Å²) >= 11 is 0. The number of rotatable bonds is 12. The van der Waals surface area contributed by atoms with Crippen molar-refractivity contribution in [2.75, 3.05) is 13.7 Å². The highest BCUT2D eigenvalue weighted by Crippen LogP contribution is 2.19. The molecule has 0 amide bonds. The average molecular weight is 291 g/mol. The molecule has 0 heterocycles. The van der Waals surface area contributed by atoms with Crippen molar-refractivity contribution in [1.82, 2.24) is 0 Å². The molecule has 2 N–H and O–H groups in total. The van der Waals surface area contributed by atoms with Crippen LogP contribution in [0.5, 0.6) is 0 Å². The summed E-state index contributed by atoms with van der Waals surface area (Å²) in [5, 5.41) is 0. The molecule has 0 saturated heterocycles. The molecule has 1 atom stereocenters. The molecule has 2 nitrogen and oxygen atoms in total. The lowest BCUT2D eigenvalue weighted by Gasteiger charge is -2.12. The van der Waals surface area contributed by atoms with Crippen LogP contribution in [0.1, 0.15) is 75.5 Å². The molecule has 1 aromatic carbocycles. The van der Waals surface area contributed by atoms with Crippen molar-refractivity contribution in [3.63, 3.8) is 0 Å². The molecule has 2 heteroatoms. The van der Waals surface area contributed by atoms with Crippen LogP contribution >= 0.6 is 0 Å². The predicted octanol–water partition coefficient (Wildman–Crippen LogP) is 5.02. The Morgan fingerprint density at radius 1 is 0.952 bits per heavy atom. The molecule has 21 heavy (non-hydrogen) atoms. The fourth-order valence-electron chi connectivity index (χ4n) is 2.64. The van der Waals surface area contributed by atoms with Crippen LogP contribution in [0.4, 0.5) is 0 Å². The minimum atomic E-state index is 0.192. The van der Waals surface area contributed by atoms with Crippen molar-refractivity contribution in [3.8, 4) is 0 Å². The smallest absolute Gasteiger partial charge is 0.0502 e. The number of hydrogen-bond donors (Lipinski definition) is 1. The molecular weight excluding hydrogens is 258 g/mol. The lowest BCUT2D eigenvalue weighted by molar-refractivity contribution is 0.202. The van der Waals surface area contributed by atoms with Gasteiger partial charge < -0.3 is 10.5 Å². The van der Waals surface area contributed by atoms with Gasteiger partial charge in [0, 0.05) is 13.2 Å². The Hall–Kier alpha value is -0.860. The van der Waals surface area contributed by atoms with E-state index in [-0.39, 0.29) is 6.04 Å². The zero-order valence-electron chi connectivity index (χ0n) is 13.9. The molecule has 0 saturated carbocycles. The monoisotopic (exact) mass is 291 g/mol. The van der Waals surface area contributed by atoms with Gasteiger partial charge in [0.1, 0.15) is 0 Å². The Kier molecular flexibility index (Phi) is 10.2. The van der Waals surface area contributed by atoms with E-state index in [1.807, 2.05) is 0 Å². The van der Waals surface area contributed by atoms with Crippen LogP contribution in [0.25, 0.3) is 0 Å². The normalized spacial score (nSPS) is 12.5. The first-order valence-electron chi connectivity index (χ1n) is 8.61. The summed E-state index contributed by atoms with van der Waals surface area (Å²) in [5.41, 5.74) is 8.87. The summed E-state index contributed by atoms with van der Waals surface area (Å²) in [5.74, 6) is 0. The molecule has 1 aromatic rings. The quantitative estimate of drug-likeness (QED) is 0.549. The summed E-state index contributed by atoms with van der Waals surface area (Å²) in [4.78, 5) is 0. The van der Waals surface area contributed by atoms with Gasteiger partial charge in [-0.2, -0.15) is 0 Å². The van der Waals surface area contributed by atoms with Crippen molar-refractivity contribution >= 4 is 0 Å². The zero-order chi connectivity index (χ0) is 15.3. The second kappa shape index (κ2) is 11.8. The lowest BCUT2D eigenvalue weighted by Crippen LogP contribution is -2.10. The van der Waals surface area contributed by atoms with Gasteiger partial charge in [-0.15, -0.1) is 0 Å². The van der Waals surface area contributed by atoms with Gasteiger partial charge in [0.2, 0.25) is 0 Å². The van der Waals surface area contributed by atoms with Crippen LogP contribution in [0, 0.1) is 0 Å². The largest absolute Gasteiger partial charge is 0.384 e. The predicted molar refractivity (Wildman–Crippen MR) is 91.6 cm³/mol. The SMILES string of the molecule is CCCCCCCCCC(N)c1ccc(CCOC)cc1. The topological polar surface area (TPSA) is 35.2 Å². The lowest BCUT2D eigenvalue weighted by atomic mass is 9.99.